The van der Waals surface area contributed by atoms with Gasteiger partial charge in [-0.3, -0.25) is 5.54 Å². The second-order valence-corrected chi connectivity index (χ2v) is 13.2. The second-order valence-electron chi connectivity index (χ2n) is 7.63. The molecule has 0 amide bonds. The van der Waals surface area contributed by atoms with Crippen LogP contribution in [0.25, 0.3) is 10.8 Å². The minimum atomic E-state index is -2.01. The van der Waals surface area contributed by atoms with E-state index >= 15 is 0 Å². The van der Waals surface area contributed by atoms with E-state index in [0.717, 1.165) is 0 Å². The molecule has 2 rings (SSSR count). The van der Waals surface area contributed by atoms with Gasteiger partial charge in [0.25, 0.3) is 0 Å². The number of hydrogen-bond donors (Lipinski definition) is 2. The minimum absolute atomic E-state index is 0.0502. The fourth-order valence-corrected chi connectivity index (χ4v) is 9.34. The predicted molar refractivity (Wildman–Crippen MR) is 105 cm³/mol. The number of benzene rings is 2. The number of phenols is 2. The zero-order valence-electron chi connectivity index (χ0n) is 15.8. The van der Waals surface area contributed by atoms with Crippen molar-refractivity contribution in [3.8, 4) is 23.0 Å². The average molecular weight is 359 g/mol. The zero-order chi connectivity index (χ0) is 18.9. The lowest BCUT2D eigenvalue weighted by Gasteiger charge is -2.50. The fraction of sp³-hybridized carbons (Fsp3) is 0.429. The Hall–Kier alpha value is -1.99. The van der Waals surface area contributed by atoms with Crippen molar-refractivity contribution in [2.24, 2.45) is 0 Å². The van der Waals surface area contributed by atoms with Gasteiger partial charge in [0.15, 0.2) is 0 Å². The number of halogens is 1. The van der Waals surface area contributed by atoms with Gasteiger partial charge in [-0.1, -0.05) is 55.7 Å². The molecule has 0 heterocycles. The van der Waals surface area contributed by atoms with Gasteiger partial charge in [0.05, 0.1) is 5.56 Å². The van der Waals surface area contributed by atoms with Gasteiger partial charge in [-0.25, -0.2) is 4.39 Å². The Morgan fingerprint density at radius 3 is 2.00 bits per heavy atom. The Morgan fingerprint density at radius 2 is 1.48 bits per heavy atom. The molecule has 2 aromatic rings. The molecule has 0 atom stereocenters. The Kier molecular flexibility index (Phi) is 5.48. The Morgan fingerprint density at radius 1 is 0.920 bits per heavy atom. The van der Waals surface area contributed by atoms with E-state index in [9.17, 15) is 14.6 Å². The van der Waals surface area contributed by atoms with Gasteiger partial charge in [-0.15, -0.1) is 22.5 Å². The van der Waals surface area contributed by atoms with Crippen molar-refractivity contribution in [2.75, 3.05) is 0 Å². The van der Waals surface area contributed by atoms with E-state index in [4.69, 9.17) is 0 Å². The summed E-state index contributed by atoms with van der Waals surface area (Å²) in [6.45, 7) is 13.2. The average Bonchev–Trinajstić information content (AvgIpc) is 2.48. The molecule has 4 heteroatoms. The first-order chi connectivity index (χ1) is 11.6. The van der Waals surface area contributed by atoms with Gasteiger partial charge in [-0.2, -0.15) is 0 Å². The molecule has 0 fully saturated rings. The topological polar surface area (TPSA) is 40.5 Å². The second kappa shape index (κ2) is 7.09. The number of phenolic OH excluding ortho intramolecular Hbond substituents is 2. The van der Waals surface area contributed by atoms with Crippen molar-refractivity contribution < 1.29 is 14.6 Å². The van der Waals surface area contributed by atoms with E-state index in [0.29, 0.717) is 27.4 Å². The normalized spacial score (nSPS) is 12.1. The highest BCUT2D eigenvalue weighted by atomic mass is 28.3. The molecule has 2 nitrogen and oxygen atoms in total. The van der Waals surface area contributed by atoms with Crippen LogP contribution in [0.2, 0.25) is 16.6 Å². The third kappa shape index (κ3) is 3.39. The molecule has 25 heavy (non-hydrogen) atoms. The van der Waals surface area contributed by atoms with Crippen LogP contribution in [0.5, 0.6) is 11.5 Å². The molecule has 0 aliphatic rings. The highest BCUT2D eigenvalue weighted by Crippen LogP contribution is 2.41. The van der Waals surface area contributed by atoms with E-state index in [2.05, 4.69) is 53.0 Å². The summed E-state index contributed by atoms with van der Waals surface area (Å²) in [5, 5.41) is 20.8. The highest BCUT2D eigenvalue weighted by molar-refractivity contribution is 6.90. The molecule has 0 unspecified atom stereocenters. The van der Waals surface area contributed by atoms with Gasteiger partial charge >= 0.3 is 0 Å². The van der Waals surface area contributed by atoms with Crippen LogP contribution >= 0.6 is 0 Å². The maximum Gasteiger partial charge on any atom is 0.139 e. The SMILES string of the molecule is CC(C)[Si-](C#Cc1c(F)ccc2cc(O)cc(O)c12)(C(C)C)C(C)C. The summed E-state index contributed by atoms with van der Waals surface area (Å²) in [5.41, 5.74) is 5.04. The molecule has 0 spiro atoms. The molecule has 2 N–H and O–H groups in total. The summed E-state index contributed by atoms with van der Waals surface area (Å²) in [6.07, 6.45) is 0. The monoisotopic (exact) mass is 358 g/mol. The van der Waals surface area contributed by atoms with Crippen molar-refractivity contribution in [1.29, 1.82) is 0 Å². The third-order valence-electron chi connectivity index (χ3n) is 5.30. The van der Waals surface area contributed by atoms with Crippen LogP contribution in [0.4, 0.5) is 4.39 Å². The van der Waals surface area contributed by atoms with Crippen LogP contribution in [-0.2, 0) is 0 Å². The summed E-state index contributed by atoms with van der Waals surface area (Å²) in [5.74, 6) is 2.45. The number of aromatic hydroxyl groups is 2. The summed E-state index contributed by atoms with van der Waals surface area (Å²) in [4.78, 5) is 0. The number of hydrogen-bond acceptors (Lipinski definition) is 2. The molecule has 0 aliphatic carbocycles. The van der Waals surface area contributed by atoms with E-state index in [1.165, 1.54) is 18.2 Å². The first-order valence-electron chi connectivity index (χ1n) is 8.78. The lowest BCUT2D eigenvalue weighted by Crippen LogP contribution is -2.43. The molecule has 0 aliphatic heterocycles. The molecule has 0 radical (unpaired) electrons. The molecule has 0 saturated heterocycles. The van der Waals surface area contributed by atoms with Crippen molar-refractivity contribution in [2.45, 2.75) is 58.2 Å². The maximum atomic E-state index is 14.5. The van der Waals surface area contributed by atoms with E-state index in [1.54, 1.807) is 6.07 Å². The van der Waals surface area contributed by atoms with Gasteiger partial charge in [0.1, 0.15) is 17.3 Å². The van der Waals surface area contributed by atoms with E-state index in [1.807, 2.05) is 0 Å². The van der Waals surface area contributed by atoms with Crippen LogP contribution in [0.3, 0.4) is 0 Å². The Bertz CT molecular complexity index is 823. The van der Waals surface area contributed by atoms with Crippen molar-refractivity contribution in [3.63, 3.8) is 0 Å². The molecule has 2 aromatic carbocycles. The zero-order valence-corrected chi connectivity index (χ0v) is 16.8. The van der Waals surface area contributed by atoms with Gasteiger partial charge in [-0.05, 0) is 17.5 Å². The fourth-order valence-electron chi connectivity index (χ4n) is 4.13. The molecule has 0 bridgehead atoms. The Labute approximate surface area is 150 Å². The minimum Gasteiger partial charge on any atom is -0.508 e. The van der Waals surface area contributed by atoms with Gasteiger partial charge in [0, 0.05) is 11.5 Å². The van der Waals surface area contributed by atoms with Crippen LogP contribution in [-0.4, -0.2) is 18.3 Å². The maximum absolute atomic E-state index is 14.5. The molecule has 0 aromatic heterocycles. The Balaban J connectivity index is 2.77. The largest absolute Gasteiger partial charge is 0.508 e. The first kappa shape index (κ1) is 19.3. The smallest absolute Gasteiger partial charge is 0.139 e. The third-order valence-corrected chi connectivity index (χ3v) is 11.6. The summed E-state index contributed by atoms with van der Waals surface area (Å²) < 4.78 is 14.5. The van der Waals surface area contributed by atoms with Gasteiger partial charge < -0.3 is 10.2 Å². The van der Waals surface area contributed by atoms with Crippen LogP contribution in [0.1, 0.15) is 47.1 Å². The van der Waals surface area contributed by atoms with Crippen molar-refractivity contribution >= 4 is 18.8 Å². The first-order valence-corrected chi connectivity index (χ1v) is 11.0. The van der Waals surface area contributed by atoms with Gasteiger partial charge in [0.2, 0.25) is 0 Å². The lowest BCUT2D eigenvalue weighted by atomic mass is 10.0. The molecular formula is C21H27FO2Si-. The lowest BCUT2D eigenvalue weighted by molar-refractivity contribution is 0.455. The van der Waals surface area contributed by atoms with Crippen LogP contribution in [0.15, 0.2) is 24.3 Å². The summed E-state index contributed by atoms with van der Waals surface area (Å²) in [7, 11) is -2.01. The van der Waals surface area contributed by atoms with Crippen molar-refractivity contribution in [1.82, 2.24) is 0 Å². The summed E-state index contributed by atoms with van der Waals surface area (Å²) >= 11 is 0. The molecular weight excluding hydrogens is 331 g/mol. The molecule has 135 valence electrons. The number of fused-ring (bicyclic) bond motifs is 1. The van der Waals surface area contributed by atoms with Crippen LogP contribution < -0.4 is 0 Å². The quantitative estimate of drug-likeness (QED) is 0.525. The predicted octanol–water partition coefficient (Wildman–Crippen LogP) is 5.96. The van der Waals surface area contributed by atoms with E-state index < -0.39 is 13.9 Å². The standard InChI is InChI=1S/C21H27FO2Si/c1-13(2)25(14(3)4,15(5)6)10-9-18-19(22)8-7-16-11-17(23)12-20(24)21(16)18/h7-8,11-15,23-24H,1-6H3/q-1. The van der Waals surface area contributed by atoms with E-state index in [-0.39, 0.29) is 17.1 Å². The molecule has 0 saturated carbocycles. The number of rotatable bonds is 3. The van der Waals surface area contributed by atoms with Crippen LogP contribution in [0, 0.1) is 17.3 Å². The highest BCUT2D eigenvalue weighted by Gasteiger charge is 2.29. The van der Waals surface area contributed by atoms with Crippen molar-refractivity contribution in [3.05, 3.63) is 35.6 Å². The summed E-state index contributed by atoms with van der Waals surface area (Å²) in [6, 6.07) is 5.63.